The van der Waals surface area contributed by atoms with Gasteiger partial charge in [-0.15, -0.1) is 0 Å². The molecule has 0 aliphatic rings. The molecule has 0 atom stereocenters. The zero-order chi connectivity index (χ0) is 17.4. The molecule has 0 aromatic heterocycles. The van der Waals surface area contributed by atoms with Crippen LogP contribution in [0.2, 0.25) is 0 Å². The molecule has 0 unspecified atom stereocenters. The summed E-state index contributed by atoms with van der Waals surface area (Å²) >= 11 is 7.05. The van der Waals surface area contributed by atoms with Gasteiger partial charge in [0.1, 0.15) is 0 Å². The molecule has 0 spiro atoms. The van der Waals surface area contributed by atoms with Crippen molar-refractivity contribution in [2.45, 2.75) is 12.3 Å². The summed E-state index contributed by atoms with van der Waals surface area (Å²) in [7, 11) is 1.72. The van der Waals surface area contributed by atoms with Gasteiger partial charge in [-0.1, -0.05) is 42.5 Å². The average Bonchev–Trinajstić information content (AvgIpc) is 2.61. The molecule has 2 aromatic rings. The predicted molar refractivity (Wildman–Crippen MR) is 105 cm³/mol. The summed E-state index contributed by atoms with van der Waals surface area (Å²) in [5.41, 5.74) is 5.71. The van der Waals surface area contributed by atoms with E-state index in [4.69, 9.17) is 12.2 Å². The molecule has 126 valence electrons. The molecular weight excluding hydrogens is 338 g/mol. The van der Waals surface area contributed by atoms with Gasteiger partial charge in [0.05, 0.1) is 0 Å². The minimum absolute atomic E-state index is 0.183. The van der Waals surface area contributed by atoms with Gasteiger partial charge in [0.25, 0.3) is 5.91 Å². The van der Waals surface area contributed by atoms with Crippen molar-refractivity contribution in [3.8, 4) is 0 Å². The summed E-state index contributed by atoms with van der Waals surface area (Å²) in [6, 6.07) is 17.6. The summed E-state index contributed by atoms with van der Waals surface area (Å²) in [6.45, 7) is 0.614. The van der Waals surface area contributed by atoms with E-state index in [2.05, 4.69) is 17.0 Å². The lowest BCUT2D eigenvalue weighted by atomic mass is 10.1. The number of thiocarbonyl (C=S) groups is 1. The van der Waals surface area contributed by atoms with Crippen LogP contribution in [0.1, 0.15) is 21.5 Å². The second-order valence-electron chi connectivity index (χ2n) is 5.27. The molecule has 0 saturated heterocycles. The van der Waals surface area contributed by atoms with Gasteiger partial charge in [0, 0.05) is 24.9 Å². The number of hydrogen-bond donors (Lipinski definition) is 2. The van der Waals surface area contributed by atoms with E-state index < -0.39 is 0 Å². The number of hydrogen-bond acceptors (Lipinski definition) is 3. The van der Waals surface area contributed by atoms with Crippen LogP contribution in [0.25, 0.3) is 0 Å². The molecule has 4 nitrogen and oxygen atoms in total. The van der Waals surface area contributed by atoms with E-state index in [1.807, 2.05) is 54.6 Å². The topological polar surface area (TPSA) is 44.4 Å². The van der Waals surface area contributed by atoms with E-state index in [-0.39, 0.29) is 5.91 Å². The number of thioether (sulfide) groups is 1. The Labute approximate surface area is 152 Å². The first-order valence-electron chi connectivity index (χ1n) is 7.54. The normalized spacial score (nSPS) is 10.1. The van der Waals surface area contributed by atoms with Crippen molar-refractivity contribution < 1.29 is 4.79 Å². The van der Waals surface area contributed by atoms with E-state index in [0.717, 1.165) is 11.3 Å². The Morgan fingerprint density at radius 3 is 2.38 bits per heavy atom. The largest absolute Gasteiger partial charge is 0.357 e. The van der Waals surface area contributed by atoms with Crippen LogP contribution in [-0.4, -0.2) is 29.3 Å². The highest BCUT2D eigenvalue weighted by molar-refractivity contribution is 7.97. The number of nitrogens with zero attached hydrogens (tertiary/aromatic N) is 1. The zero-order valence-corrected chi connectivity index (χ0v) is 15.4. The van der Waals surface area contributed by atoms with Gasteiger partial charge in [0.15, 0.2) is 5.11 Å². The third-order valence-corrected chi connectivity index (χ3v) is 4.43. The standard InChI is InChI=1S/C18H21N3OS2/c1-21(18(23)19-12-14-6-4-3-5-7-14)20-17(22)16-10-8-15(9-11-16)13-24-2/h3-11H,12-13H2,1-2H3,(H,19,23)(H,20,22). The van der Waals surface area contributed by atoms with Gasteiger partial charge >= 0.3 is 0 Å². The quantitative estimate of drug-likeness (QED) is 0.634. The number of benzene rings is 2. The van der Waals surface area contributed by atoms with Crippen molar-refractivity contribution in [3.63, 3.8) is 0 Å². The number of amides is 1. The molecule has 0 heterocycles. The van der Waals surface area contributed by atoms with Crippen molar-refractivity contribution in [3.05, 3.63) is 71.3 Å². The monoisotopic (exact) mass is 359 g/mol. The Bertz CT molecular complexity index is 674. The van der Waals surface area contributed by atoms with Gasteiger partial charge < -0.3 is 5.32 Å². The highest BCUT2D eigenvalue weighted by Gasteiger charge is 2.10. The third kappa shape index (κ3) is 5.54. The Kier molecular flexibility index (Phi) is 7.08. The van der Waals surface area contributed by atoms with Crippen LogP contribution in [0.5, 0.6) is 0 Å². The predicted octanol–water partition coefficient (Wildman–Crippen LogP) is 3.20. The van der Waals surface area contributed by atoms with E-state index in [1.165, 1.54) is 10.6 Å². The maximum Gasteiger partial charge on any atom is 0.269 e. The summed E-state index contributed by atoms with van der Waals surface area (Å²) in [4.78, 5) is 12.3. The van der Waals surface area contributed by atoms with Crippen molar-refractivity contribution in [1.29, 1.82) is 0 Å². The lowest BCUT2D eigenvalue weighted by molar-refractivity contribution is 0.0886. The molecule has 0 saturated carbocycles. The van der Waals surface area contributed by atoms with Crippen LogP contribution in [0.3, 0.4) is 0 Å². The molecule has 0 bridgehead atoms. The maximum atomic E-state index is 12.3. The Balaban J connectivity index is 1.84. The average molecular weight is 360 g/mol. The fourth-order valence-corrected chi connectivity index (χ4v) is 2.72. The van der Waals surface area contributed by atoms with Gasteiger partial charge in [-0.3, -0.25) is 15.2 Å². The highest BCUT2D eigenvalue weighted by Crippen LogP contribution is 2.10. The van der Waals surface area contributed by atoms with Crippen LogP contribution in [-0.2, 0) is 12.3 Å². The number of nitrogens with one attached hydrogen (secondary N) is 2. The molecule has 0 radical (unpaired) electrons. The van der Waals surface area contributed by atoms with Crippen molar-refractivity contribution in [1.82, 2.24) is 15.8 Å². The first kappa shape index (κ1) is 18.3. The second-order valence-corrected chi connectivity index (χ2v) is 6.53. The van der Waals surface area contributed by atoms with E-state index in [0.29, 0.717) is 17.2 Å². The van der Waals surface area contributed by atoms with Crippen LogP contribution >= 0.6 is 24.0 Å². The first-order chi connectivity index (χ1) is 11.6. The molecular formula is C18H21N3OS2. The Hall–Kier alpha value is -2.05. The molecule has 0 aliphatic carbocycles. The van der Waals surface area contributed by atoms with Crippen molar-refractivity contribution >= 4 is 35.0 Å². The molecule has 6 heteroatoms. The molecule has 24 heavy (non-hydrogen) atoms. The lowest BCUT2D eigenvalue weighted by Crippen LogP contribution is -2.47. The first-order valence-corrected chi connectivity index (χ1v) is 9.34. The summed E-state index contributed by atoms with van der Waals surface area (Å²) in [6.07, 6.45) is 2.05. The fourth-order valence-electron chi connectivity index (χ4n) is 2.08. The van der Waals surface area contributed by atoms with Crippen LogP contribution in [0, 0.1) is 0 Å². The number of rotatable bonds is 5. The molecule has 0 aliphatic heterocycles. The van der Waals surface area contributed by atoms with Gasteiger partial charge in [-0.2, -0.15) is 11.8 Å². The third-order valence-electron chi connectivity index (χ3n) is 3.39. The zero-order valence-electron chi connectivity index (χ0n) is 13.8. The molecule has 2 aromatic carbocycles. The number of carbonyl (C=O) groups is 1. The van der Waals surface area contributed by atoms with Gasteiger partial charge in [-0.05, 0) is 41.7 Å². The highest BCUT2D eigenvalue weighted by atomic mass is 32.2. The molecule has 2 rings (SSSR count). The molecule has 2 N–H and O–H groups in total. The van der Waals surface area contributed by atoms with E-state index in [9.17, 15) is 4.79 Å². The van der Waals surface area contributed by atoms with Crippen LogP contribution in [0.4, 0.5) is 0 Å². The maximum absolute atomic E-state index is 12.3. The van der Waals surface area contributed by atoms with Crippen molar-refractivity contribution in [2.75, 3.05) is 13.3 Å². The van der Waals surface area contributed by atoms with Gasteiger partial charge in [0.2, 0.25) is 0 Å². The van der Waals surface area contributed by atoms with E-state index in [1.54, 1.807) is 18.8 Å². The van der Waals surface area contributed by atoms with Crippen LogP contribution < -0.4 is 10.7 Å². The smallest absolute Gasteiger partial charge is 0.269 e. The summed E-state index contributed by atoms with van der Waals surface area (Å²) in [5.74, 6) is 0.757. The molecule has 0 fully saturated rings. The van der Waals surface area contributed by atoms with Crippen molar-refractivity contribution in [2.24, 2.45) is 0 Å². The summed E-state index contributed by atoms with van der Waals surface area (Å²) in [5, 5.41) is 5.11. The number of hydrazine groups is 1. The Morgan fingerprint density at radius 2 is 1.75 bits per heavy atom. The summed E-state index contributed by atoms with van der Waals surface area (Å²) < 4.78 is 0. The minimum Gasteiger partial charge on any atom is -0.357 e. The van der Waals surface area contributed by atoms with Gasteiger partial charge in [-0.25, -0.2) is 0 Å². The second kappa shape index (κ2) is 9.30. The van der Waals surface area contributed by atoms with E-state index >= 15 is 0 Å². The Morgan fingerprint density at radius 1 is 1.08 bits per heavy atom. The number of carbonyl (C=O) groups excluding carboxylic acids is 1. The SMILES string of the molecule is CSCc1ccc(C(=O)NN(C)C(=S)NCc2ccccc2)cc1. The molecule has 1 amide bonds. The fraction of sp³-hybridized carbons (Fsp3) is 0.222. The lowest BCUT2D eigenvalue weighted by Gasteiger charge is -2.21. The van der Waals surface area contributed by atoms with Crippen LogP contribution in [0.15, 0.2) is 54.6 Å². The minimum atomic E-state index is -0.183.